The summed E-state index contributed by atoms with van der Waals surface area (Å²) in [6, 6.07) is 3.98. The molecule has 0 radical (unpaired) electrons. The molecule has 3 aromatic rings. The van der Waals surface area contributed by atoms with Crippen LogP contribution in [0.5, 0.6) is 0 Å². The third-order valence-corrected chi connectivity index (χ3v) is 5.24. The number of aryl methyl sites for hydroxylation is 3. The Morgan fingerprint density at radius 1 is 1.32 bits per heavy atom. The van der Waals surface area contributed by atoms with Gasteiger partial charge in [0.05, 0.1) is 22.3 Å². The number of likely N-dealkylation sites (N-methyl/N-ethyl adjacent to an activating group) is 1. The number of amides is 1. The second-order valence-electron chi connectivity index (χ2n) is 7.18. The summed E-state index contributed by atoms with van der Waals surface area (Å²) in [5.41, 5.74) is 3.19. The van der Waals surface area contributed by atoms with E-state index in [1.807, 2.05) is 44.9 Å². The van der Waals surface area contributed by atoms with Gasteiger partial charge >= 0.3 is 0 Å². The van der Waals surface area contributed by atoms with Gasteiger partial charge in [-0.1, -0.05) is 5.16 Å². The molecule has 1 aliphatic rings. The lowest BCUT2D eigenvalue weighted by Crippen LogP contribution is -2.41. The molecule has 1 aliphatic heterocycles. The summed E-state index contributed by atoms with van der Waals surface area (Å²) in [7, 11) is 1.91. The monoisotopic (exact) mass is 404 g/mol. The number of nitrogens with one attached hydrogen (secondary N) is 1. The average molecular weight is 405 g/mol. The van der Waals surface area contributed by atoms with Crippen LogP contribution >= 0.6 is 12.4 Å². The number of carbonyl (C=O) groups is 1. The van der Waals surface area contributed by atoms with Crippen molar-refractivity contribution in [1.82, 2.24) is 20.4 Å². The highest BCUT2D eigenvalue weighted by Crippen LogP contribution is 2.32. The number of halogens is 1. The smallest absolute Gasteiger partial charge is 0.259 e. The van der Waals surface area contributed by atoms with Crippen LogP contribution in [0.4, 0.5) is 0 Å². The Hall–Kier alpha value is -2.38. The fourth-order valence-electron chi connectivity index (χ4n) is 3.99. The number of carbonyl (C=O) groups excluding carboxylic acids is 1. The van der Waals surface area contributed by atoms with Crippen molar-refractivity contribution in [3.63, 3.8) is 0 Å². The summed E-state index contributed by atoms with van der Waals surface area (Å²) in [6.45, 7) is 7.18. The number of hydrogen-bond donors (Lipinski definition) is 1. The van der Waals surface area contributed by atoms with Crippen molar-refractivity contribution in [2.45, 2.75) is 39.7 Å². The van der Waals surface area contributed by atoms with Crippen molar-refractivity contribution in [3.05, 3.63) is 34.9 Å². The van der Waals surface area contributed by atoms with Gasteiger partial charge in [-0.3, -0.25) is 4.79 Å². The van der Waals surface area contributed by atoms with E-state index in [-0.39, 0.29) is 24.4 Å². The third kappa shape index (κ3) is 3.40. The summed E-state index contributed by atoms with van der Waals surface area (Å²) in [5.74, 6) is 1.58. The Morgan fingerprint density at radius 2 is 2.11 bits per heavy atom. The maximum Gasteiger partial charge on any atom is 0.259 e. The largest absolute Gasteiger partial charge is 0.466 e. The molecule has 0 aromatic carbocycles. The molecule has 0 saturated carbocycles. The molecule has 8 heteroatoms. The molecule has 150 valence electrons. The molecule has 1 unspecified atom stereocenters. The van der Waals surface area contributed by atoms with Crippen LogP contribution in [0.2, 0.25) is 0 Å². The third-order valence-electron chi connectivity index (χ3n) is 5.24. The molecule has 1 N–H and O–H groups in total. The summed E-state index contributed by atoms with van der Waals surface area (Å²) in [4.78, 5) is 20.0. The minimum Gasteiger partial charge on any atom is -0.466 e. The van der Waals surface area contributed by atoms with Crippen molar-refractivity contribution in [1.29, 1.82) is 0 Å². The van der Waals surface area contributed by atoms with E-state index in [0.717, 1.165) is 43.0 Å². The van der Waals surface area contributed by atoms with Crippen LogP contribution in [0.25, 0.3) is 22.4 Å². The van der Waals surface area contributed by atoms with Gasteiger partial charge in [0.15, 0.2) is 0 Å². The van der Waals surface area contributed by atoms with E-state index in [2.05, 4.69) is 15.5 Å². The van der Waals surface area contributed by atoms with Gasteiger partial charge < -0.3 is 19.2 Å². The first-order valence-electron chi connectivity index (χ1n) is 9.29. The van der Waals surface area contributed by atoms with Gasteiger partial charge in [-0.25, -0.2) is 4.98 Å². The van der Waals surface area contributed by atoms with Crippen molar-refractivity contribution >= 4 is 29.4 Å². The van der Waals surface area contributed by atoms with Crippen molar-refractivity contribution in [3.8, 4) is 11.3 Å². The van der Waals surface area contributed by atoms with Gasteiger partial charge in [0, 0.05) is 24.7 Å². The van der Waals surface area contributed by atoms with E-state index in [1.165, 1.54) is 0 Å². The molecule has 4 rings (SSSR count). The molecule has 1 atom stereocenters. The summed E-state index contributed by atoms with van der Waals surface area (Å²) >= 11 is 0. The summed E-state index contributed by atoms with van der Waals surface area (Å²) < 4.78 is 11.1. The lowest BCUT2D eigenvalue weighted by atomic mass is 10.0. The van der Waals surface area contributed by atoms with Gasteiger partial charge in [0.25, 0.3) is 11.6 Å². The number of hydrogen-bond acceptors (Lipinski definition) is 6. The molecule has 1 amide bonds. The number of nitrogens with zero attached hydrogens (tertiary/aromatic N) is 3. The Labute approximate surface area is 169 Å². The number of furan rings is 1. The van der Waals surface area contributed by atoms with Crippen LogP contribution in [0.1, 0.15) is 40.4 Å². The second kappa shape index (κ2) is 7.93. The maximum atomic E-state index is 13.4. The fraction of sp³-hybridized carbons (Fsp3) is 0.450. The topological polar surface area (TPSA) is 84.4 Å². The highest BCUT2D eigenvalue weighted by Gasteiger charge is 2.31. The van der Waals surface area contributed by atoms with Gasteiger partial charge in [-0.2, -0.15) is 0 Å². The lowest BCUT2D eigenvalue weighted by Gasteiger charge is -2.25. The Balaban J connectivity index is 0.00000225. The molecule has 28 heavy (non-hydrogen) atoms. The first kappa shape index (κ1) is 20.4. The summed E-state index contributed by atoms with van der Waals surface area (Å²) in [6.07, 6.45) is 2.03. The van der Waals surface area contributed by atoms with Crippen molar-refractivity contribution < 1.29 is 13.7 Å². The predicted molar refractivity (Wildman–Crippen MR) is 109 cm³/mol. The van der Waals surface area contributed by atoms with Crippen LogP contribution in [0.15, 0.2) is 21.1 Å². The molecular weight excluding hydrogens is 380 g/mol. The molecule has 1 saturated heterocycles. The molecule has 0 aliphatic carbocycles. The second-order valence-corrected chi connectivity index (χ2v) is 7.18. The van der Waals surface area contributed by atoms with Gasteiger partial charge in [-0.05, 0) is 52.8 Å². The number of pyridine rings is 1. The molecule has 7 nitrogen and oxygen atoms in total. The van der Waals surface area contributed by atoms with E-state index in [0.29, 0.717) is 28.1 Å². The van der Waals surface area contributed by atoms with Gasteiger partial charge in [0.1, 0.15) is 11.5 Å². The van der Waals surface area contributed by atoms with Crippen molar-refractivity contribution in [2.75, 3.05) is 20.1 Å². The van der Waals surface area contributed by atoms with E-state index in [9.17, 15) is 4.79 Å². The molecule has 1 fully saturated rings. The number of fused-ring (bicyclic) bond motifs is 1. The van der Waals surface area contributed by atoms with E-state index in [1.54, 1.807) is 0 Å². The lowest BCUT2D eigenvalue weighted by molar-refractivity contribution is 0.0739. The van der Waals surface area contributed by atoms with Crippen LogP contribution < -0.4 is 5.32 Å². The van der Waals surface area contributed by atoms with Crippen LogP contribution in [-0.2, 0) is 0 Å². The number of likely N-dealkylation sites (tertiary alicyclic amines) is 1. The van der Waals surface area contributed by atoms with Crippen molar-refractivity contribution in [2.24, 2.45) is 0 Å². The molecule has 3 aromatic heterocycles. The predicted octanol–water partition coefficient (Wildman–Crippen LogP) is 3.65. The minimum absolute atomic E-state index is 0. The molecule has 0 bridgehead atoms. The zero-order valence-electron chi connectivity index (χ0n) is 16.5. The minimum atomic E-state index is 0. The van der Waals surface area contributed by atoms with Crippen LogP contribution in [0, 0.1) is 20.8 Å². The molecular formula is C20H25ClN4O3. The highest BCUT2D eigenvalue weighted by molar-refractivity contribution is 6.07. The quantitative estimate of drug-likeness (QED) is 0.714. The van der Waals surface area contributed by atoms with E-state index >= 15 is 0 Å². The molecule has 0 spiro atoms. The first-order chi connectivity index (χ1) is 13.0. The highest BCUT2D eigenvalue weighted by atomic mass is 35.5. The zero-order valence-corrected chi connectivity index (χ0v) is 17.4. The maximum absolute atomic E-state index is 13.4. The zero-order chi connectivity index (χ0) is 19.1. The van der Waals surface area contributed by atoms with Gasteiger partial charge in [-0.15, -0.1) is 12.4 Å². The van der Waals surface area contributed by atoms with Crippen LogP contribution in [-0.4, -0.2) is 47.1 Å². The SMILES string of the molecule is CNCC1CCCN1C(=O)c1cc(-c2cc(C)oc2C)nc2onc(C)c12.Cl. The standard InChI is InChI=1S/C20H24N4O3.ClH/c1-11-8-15(13(3)26-11)17-9-16(18-12(2)23-27-19(18)22-17)20(25)24-7-5-6-14(24)10-21-4;/h8-9,14,21H,5-7,10H2,1-4H3;1H. The number of aromatic nitrogens is 2. The fourth-order valence-corrected chi connectivity index (χ4v) is 3.99. The first-order valence-corrected chi connectivity index (χ1v) is 9.29. The summed E-state index contributed by atoms with van der Waals surface area (Å²) in [5, 5.41) is 7.92. The Kier molecular flexibility index (Phi) is 5.76. The molecule has 4 heterocycles. The number of rotatable bonds is 4. The van der Waals surface area contributed by atoms with E-state index < -0.39 is 0 Å². The van der Waals surface area contributed by atoms with Crippen LogP contribution in [0.3, 0.4) is 0 Å². The Bertz CT molecular complexity index is 1010. The van der Waals surface area contributed by atoms with Gasteiger partial charge in [0.2, 0.25) is 0 Å². The Morgan fingerprint density at radius 3 is 2.79 bits per heavy atom. The average Bonchev–Trinajstić information content (AvgIpc) is 3.33. The van der Waals surface area contributed by atoms with E-state index in [4.69, 9.17) is 8.94 Å². The normalized spacial score (nSPS) is 16.6.